The summed E-state index contributed by atoms with van der Waals surface area (Å²) in [6, 6.07) is 10.5. The molecule has 0 fully saturated rings. The van der Waals surface area contributed by atoms with Gasteiger partial charge in [-0.25, -0.2) is 9.18 Å². The number of carbonyl (C=O) groups excluding carboxylic acids is 1. The van der Waals surface area contributed by atoms with Crippen LogP contribution in [0.15, 0.2) is 48.7 Å². The Morgan fingerprint density at radius 1 is 1.21 bits per heavy atom. The van der Waals surface area contributed by atoms with E-state index in [0.29, 0.717) is 5.69 Å². The van der Waals surface area contributed by atoms with Crippen molar-refractivity contribution in [1.29, 1.82) is 0 Å². The first kappa shape index (κ1) is 13.0. The maximum absolute atomic E-state index is 12.7. The number of nitrogens with one attached hydrogen (secondary N) is 2. The van der Waals surface area contributed by atoms with Gasteiger partial charge < -0.3 is 10.6 Å². The Kier molecular flexibility index (Phi) is 4.07. The summed E-state index contributed by atoms with van der Waals surface area (Å²) in [7, 11) is 0. The lowest BCUT2D eigenvalue weighted by Gasteiger charge is -2.14. The van der Waals surface area contributed by atoms with Crippen LogP contribution in [0.2, 0.25) is 0 Å². The van der Waals surface area contributed by atoms with Gasteiger partial charge in [-0.2, -0.15) is 0 Å². The van der Waals surface area contributed by atoms with Gasteiger partial charge in [-0.15, -0.1) is 0 Å². The summed E-state index contributed by atoms with van der Waals surface area (Å²) in [6.45, 7) is 1.84. The van der Waals surface area contributed by atoms with Crippen LogP contribution in [0, 0.1) is 5.82 Å². The molecule has 0 saturated carbocycles. The molecule has 0 radical (unpaired) electrons. The Morgan fingerprint density at radius 3 is 2.58 bits per heavy atom. The maximum Gasteiger partial charge on any atom is 0.319 e. The van der Waals surface area contributed by atoms with E-state index < -0.39 is 0 Å². The summed E-state index contributed by atoms with van der Waals surface area (Å²) >= 11 is 0. The Bertz CT molecular complexity index is 542. The number of halogens is 1. The van der Waals surface area contributed by atoms with Gasteiger partial charge in [-0.1, -0.05) is 6.07 Å². The highest BCUT2D eigenvalue weighted by molar-refractivity contribution is 5.89. The predicted octanol–water partition coefficient (Wildman–Crippen LogP) is 3.10. The summed E-state index contributed by atoms with van der Waals surface area (Å²) < 4.78 is 12.7. The lowest BCUT2D eigenvalue weighted by molar-refractivity contribution is 0.249. The van der Waals surface area contributed by atoms with Crippen LogP contribution >= 0.6 is 0 Å². The normalized spacial score (nSPS) is 11.7. The van der Waals surface area contributed by atoms with Crippen LogP contribution in [-0.2, 0) is 0 Å². The van der Waals surface area contributed by atoms with Crippen molar-refractivity contribution in [3.63, 3.8) is 0 Å². The Balaban J connectivity index is 1.93. The number of carbonyl (C=O) groups is 1. The molecule has 1 aromatic carbocycles. The van der Waals surface area contributed by atoms with Gasteiger partial charge in [0.2, 0.25) is 0 Å². The third-order valence-corrected chi connectivity index (χ3v) is 2.58. The first-order chi connectivity index (χ1) is 9.15. The molecule has 1 aromatic heterocycles. The molecule has 98 valence electrons. The number of anilines is 1. The molecule has 2 amide bonds. The first-order valence-electron chi connectivity index (χ1n) is 5.89. The summed E-state index contributed by atoms with van der Waals surface area (Å²) in [5.41, 5.74) is 1.31. The van der Waals surface area contributed by atoms with E-state index in [0.717, 1.165) is 5.69 Å². The van der Waals surface area contributed by atoms with Crippen LogP contribution in [-0.4, -0.2) is 11.0 Å². The average molecular weight is 259 g/mol. The van der Waals surface area contributed by atoms with Crippen molar-refractivity contribution < 1.29 is 9.18 Å². The van der Waals surface area contributed by atoms with E-state index in [-0.39, 0.29) is 17.9 Å². The molecular formula is C14H14FN3O. The molecule has 2 aromatic rings. The fourth-order valence-corrected chi connectivity index (χ4v) is 1.60. The molecule has 0 spiro atoms. The van der Waals surface area contributed by atoms with Gasteiger partial charge in [0, 0.05) is 11.9 Å². The highest BCUT2D eigenvalue weighted by Gasteiger charge is 2.10. The van der Waals surface area contributed by atoms with Crippen LogP contribution in [0.5, 0.6) is 0 Å². The largest absolute Gasteiger partial charge is 0.330 e. The molecule has 2 rings (SSSR count). The fourth-order valence-electron chi connectivity index (χ4n) is 1.60. The van der Waals surface area contributed by atoms with Gasteiger partial charge in [-0.05, 0) is 43.3 Å². The highest BCUT2D eigenvalue weighted by atomic mass is 19.1. The molecule has 5 heteroatoms. The number of rotatable bonds is 3. The Hall–Kier alpha value is -2.43. The van der Waals surface area contributed by atoms with Gasteiger partial charge in [0.05, 0.1) is 11.7 Å². The van der Waals surface area contributed by atoms with Gasteiger partial charge >= 0.3 is 6.03 Å². The van der Waals surface area contributed by atoms with E-state index in [4.69, 9.17) is 0 Å². The van der Waals surface area contributed by atoms with Crippen molar-refractivity contribution in [3.8, 4) is 0 Å². The lowest BCUT2D eigenvalue weighted by atomic mass is 10.2. The molecular weight excluding hydrogens is 245 g/mol. The zero-order chi connectivity index (χ0) is 13.7. The number of nitrogens with zero attached hydrogens (tertiary/aromatic N) is 1. The molecule has 19 heavy (non-hydrogen) atoms. The highest BCUT2D eigenvalue weighted by Crippen LogP contribution is 2.10. The molecule has 4 nitrogen and oxygen atoms in total. The molecule has 1 heterocycles. The molecule has 1 atom stereocenters. The molecule has 0 aliphatic rings. The number of amides is 2. The van der Waals surface area contributed by atoms with E-state index in [1.54, 1.807) is 6.20 Å². The smallest absolute Gasteiger partial charge is 0.319 e. The van der Waals surface area contributed by atoms with Crippen molar-refractivity contribution >= 4 is 11.7 Å². The summed E-state index contributed by atoms with van der Waals surface area (Å²) in [5, 5.41) is 5.38. The molecule has 0 saturated heterocycles. The van der Waals surface area contributed by atoms with Crippen molar-refractivity contribution in [1.82, 2.24) is 10.3 Å². The van der Waals surface area contributed by atoms with Crippen molar-refractivity contribution in [2.24, 2.45) is 0 Å². The summed E-state index contributed by atoms with van der Waals surface area (Å²) in [6.07, 6.45) is 1.67. The zero-order valence-electron chi connectivity index (χ0n) is 10.4. The summed E-state index contributed by atoms with van der Waals surface area (Å²) in [4.78, 5) is 15.9. The average Bonchev–Trinajstić information content (AvgIpc) is 2.42. The fraction of sp³-hybridized carbons (Fsp3) is 0.143. The van der Waals surface area contributed by atoms with E-state index in [1.165, 1.54) is 24.3 Å². The molecule has 0 aliphatic heterocycles. The van der Waals surface area contributed by atoms with Crippen molar-refractivity contribution in [2.45, 2.75) is 13.0 Å². The van der Waals surface area contributed by atoms with Crippen LogP contribution in [0.25, 0.3) is 0 Å². The van der Waals surface area contributed by atoms with E-state index in [9.17, 15) is 9.18 Å². The maximum atomic E-state index is 12.7. The monoisotopic (exact) mass is 259 g/mol. The van der Waals surface area contributed by atoms with Gasteiger partial charge in [0.25, 0.3) is 0 Å². The van der Waals surface area contributed by atoms with Gasteiger partial charge in [-0.3, -0.25) is 4.98 Å². The van der Waals surface area contributed by atoms with E-state index >= 15 is 0 Å². The number of pyridine rings is 1. The standard InChI is InChI=1S/C14H14FN3O/c1-10(13-4-2-3-9-16-13)17-14(19)18-12-7-5-11(15)6-8-12/h2-10H,1H3,(H2,17,18,19). The minimum Gasteiger partial charge on any atom is -0.330 e. The SMILES string of the molecule is CC(NC(=O)Nc1ccc(F)cc1)c1ccccn1. The van der Waals surface area contributed by atoms with Crippen molar-refractivity contribution in [3.05, 3.63) is 60.2 Å². The van der Waals surface area contributed by atoms with Crippen LogP contribution < -0.4 is 10.6 Å². The minimum absolute atomic E-state index is 0.207. The topological polar surface area (TPSA) is 54.0 Å². The number of urea groups is 1. The van der Waals surface area contributed by atoms with E-state index in [1.807, 2.05) is 25.1 Å². The number of hydrogen-bond acceptors (Lipinski definition) is 2. The van der Waals surface area contributed by atoms with E-state index in [2.05, 4.69) is 15.6 Å². The third kappa shape index (κ3) is 3.77. The second-order valence-corrected chi connectivity index (χ2v) is 4.08. The second kappa shape index (κ2) is 5.95. The number of aromatic nitrogens is 1. The molecule has 1 unspecified atom stereocenters. The minimum atomic E-state index is -0.357. The molecule has 2 N–H and O–H groups in total. The number of benzene rings is 1. The van der Waals surface area contributed by atoms with Crippen LogP contribution in [0.4, 0.5) is 14.9 Å². The van der Waals surface area contributed by atoms with Gasteiger partial charge in [0.1, 0.15) is 5.82 Å². The van der Waals surface area contributed by atoms with Gasteiger partial charge in [0.15, 0.2) is 0 Å². The predicted molar refractivity (Wildman–Crippen MR) is 71.2 cm³/mol. The molecule has 0 bridgehead atoms. The third-order valence-electron chi connectivity index (χ3n) is 2.58. The summed E-state index contributed by atoms with van der Waals surface area (Å²) in [5.74, 6) is -0.340. The Morgan fingerprint density at radius 2 is 1.95 bits per heavy atom. The first-order valence-corrected chi connectivity index (χ1v) is 5.89. The van der Waals surface area contributed by atoms with Crippen molar-refractivity contribution in [2.75, 3.05) is 5.32 Å². The second-order valence-electron chi connectivity index (χ2n) is 4.08. The Labute approximate surface area is 110 Å². The molecule has 0 aliphatic carbocycles. The zero-order valence-corrected chi connectivity index (χ0v) is 10.4. The van der Waals surface area contributed by atoms with Crippen LogP contribution in [0.3, 0.4) is 0 Å². The quantitative estimate of drug-likeness (QED) is 0.889. The lowest BCUT2D eigenvalue weighted by Crippen LogP contribution is -2.31. The number of hydrogen-bond donors (Lipinski definition) is 2. The van der Waals surface area contributed by atoms with Crippen LogP contribution in [0.1, 0.15) is 18.7 Å².